The first kappa shape index (κ1) is 13.4. The normalized spacial score (nSPS) is 10.3. The molecule has 0 saturated carbocycles. The SMILES string of the molecule is Nc1nc(N)c(N)c(O)n1.O=P(O)(O)O. The number of nitrogen functional groups attached to an aromatic ring is 3. The Bertz CT molecular complexity index is 360. The van der Waals surface area contributed by atoms with Crippen LogP contribution in [0.25, 0.3) is 0 Å². The molecular formula is C4H10N5O5P. The van der Waals surface area contributed by atoms with Crippen LogP contribution < -0.4 is 17.2 Å². The summed E-state index contributed by atoms with van der Waals surface area (Å²) in [6.45, 7) is 0. The lowest BCUT2D eigenvalue weighted by Gasteiger charge is -2.00. The number of rotatable bonds is 0. The van der Waals surface area contributed by atoms with Crippen LogP contribution in [0.4, 0.5) is 17.5 Å². The molecule has 1 rings (SSSR count). The van der Waals surface area contributed by atoms with Crippen LogP contribution >= 0.6 is 7.82 Å². The van der Waals surface area contributed by atoms with E-state index in [1.807, 2.05) is 0 Å². The van der Waals surface area contributed by atoms with Gasteiger partial charge in [-0.3, -0.25) is 0 Å². The van der Waals surface area contributed by atoms with Crippen LogP contribution in [0.1, 0.15) is 0 Å². The van der Waals surface area contributed by atoms with Crippen LogP contribution in [-0.4, -0.2) is 29.8 Å². The van der Waals surface area contributed by atoms with Crippen molar-refractivity contribution >= 4 is 25.3 Å². The van der Waals surface area contributed by atoms with E-state index in [4.69, 9.17) is 41.6 Å². The molecule has 10 nitrogen and oxygen atoms in total. The number of hydrogen-bond donors (Lipinski definition) is 7. The largest absolute Gasteiger partial charge is 0.492 e. The van der Waals surface area contributed by atoms with Crippen LogP contribution in [0.2, 0.25) is 0 Å². The van der Waals surface area contributed by atoms with Crippen molar-refractivity contribution in [1.82, 2.24) is 9.97 Å². The highest BCUT2D eigenvalue weighted by Gasteiger charge is 2.04. The van der Waals surface area contributed by atoms with Crippen LogP contribution in [0, 0.1) is 0 Å². The molecule has 0 aliphatic carbocycles. The molecule has 0 bridgehead atoms. The minimum atomic E-state index is -4.64. The predicted octanol–water partition coefficient (Wildman–Crippen LogP) is -2.00. The predicted molar refractivity (Wildman–Crippen MR) is 51.2 cm³/mol. The monoisotopic (exact) mass is 239 g/mol. The number of aromatic hydroxyl groups is 1. The smallest absolute Gasteiger partial charge is 0.466 e. The van der Waals surface area contributed by atoms with Gasteiger partial charge in [-0.05, 0) is 0 Å². The molecule has 0 radical (unpaired) electrons. The van der Waals surface area contributed by atoms with E-state index < -0.39 is 7.82 Å². The maximum Gasteiger partial charge on any atom is 0.466 e. The summed E-state index contributed by atoms with van der Waals surface area (Å²) in [7, 11) is -4.64. The standard InChI is InChI=1S/C4H7N5O.H3O4P/c5-1-2(6)8-4(7)9-3(1)10;1-5(2,3)4/h5H2,(H5,6,7,8,9,10);(H3,1,2,3,4). The van der Waals surface area contributed by atoms with Gasteiger partial charge in [0.2, 0.25) is 11.8 Å². The lowest BCUT2D eigenvalue weighted by Crippen LogP contribution is -2.03. The second kappa shape index (κ2) is 4.75. The molecule has 0 spiro atoms. The van der Waals surface area contributed by atoms with E-state index in [0.717, 1.165) is 0 Å². The van der Waals surface area contributed by atoms with Gasteiger partial charge in [-0.1, -0.05) is 0 Å². The Morgan fingerprint density at radius 2 is 1.47 bits per heavy atom. The van der Waals surface area contributed by atoms with Crippen molar-refractivity contribution in [1.29, 1.82) is 0 Å². The molecule has 1 heterocycles. The van der Waals surface area contributed by atoms with Crippen molar-refractivity contribution in [3.8, 4) is 5.88 Å². The zero-order valence-corrected chi connectivity index (χ0v) is 8.17. The Labute approximate surface area is 83.6 Å². The molecule has 0 saturated heterocycles. The average molecular weight is 239 g/mol. The second-order valence-electron chi connectivity index (χ2n) is 2.22. The summed E-state index contributed by atoms with van der Waals surface area (Å²) in [5.41, 5.74) is 15.5. The van der Waals surface area contributed by atoms with E-state index in [1.54, 1.807) is 0 Å². The fourth-order valence-corrected chi connectivity index (χ4v) is 0.492. The summed E-state index contributed by atoms with van der Waals surface area (Å²) in [6, 6.07) is 0. The maximum absolute atomic E-state index is 8.88. The molecule has 10 N–H and O–H groups in total. The van der Waals surface area contributed by atoms with Gasteiger partial charge in [0.15, 0.2) is 5.82 Å². The molecule has 86 valence electrons. The number of hydrogen-bond acceptors (Lipinski definition) is 7. The first-order valence-electron chi connectivity index (χ1n) is 3.27. The van der Waals surface area contributed by atoms with Crippen LogP contribution in [0.5, 0.6) is 5.88 Å². The van der Waals surface area contributed by atoms with Crippen molar-refractivity contribution < 1.29 is 24.4 Å². The Kier molecular flexibility index (Phi) is 4.24. The van der Waals surface area contributed by atoms with Crippen molar-refractivity contribution in [2.75, 3.05) is 17.2 Å². The molecular weight excluding hydrogens is 229 g/mol. The molecule has 11 heteroatoms. The van der Waals surface area contributed by atoms with Crippen molar-refractivity contribution in [2.45, 2.75) is 0 Å². The lowest BCUT2D eigenvalue weighted by molar-refractivity contribution is 0.275. The van der Waals surface area contributed by atoms with Gasteiger partial charge in [0.05, 0.1) is 0 Å². The zero-order chi connectivity index (χ0) is 12.2. The van der Waals surface area contributed by atoms with Gasteiger partial charge < -0.3 is 37.0 Å². The molecule has 0 aromatic carbocycles. The molecule has 1 aromatic heterocycles. The third-order valence-electron chi connectivity index (χ3n) is 0.972. The molecule has 1 aromatic rings. The minimum absolute atomic E-state index is 0.00926. The number of nitrogens with zero attached hydrogens (tertiary/aromatic N) is 2. The number of nitrogens with two attached hydrogens (primary N) is 3. The molecule has 0 unspecified atom stereocenters. The second-order valence-corrected chi connectivity index (χ2v) is 3.24. The van der Waals surface area contributed by atoms with Crippen molar-refractivity contribution in [3.05, 3.63) is 0 Å². The summed E-state index contributed by atoms with van der Waals surface area (Å²) in [6.07, 6.45) is 0. The molecule has 0 aliphatic rings. The number of anilines is 3. The summed E-state index contributed by atoms with van der Waals surface area (Å²) >= 11 is 0. The Morgan fingerprint density at radius 1 is 1.07 bits per heavy atom. The van der Waals surface area contributed by atoms with E-state index in [-0.39, 0.29) is 23.3 Å². The third kappa shape index (κ3) is 6.46. The minimum Gasteiger partial charge on any atom is -0.492 e. The van der Waals surface area contributed by atoms with Crippen molar-refractivity contribution in [3.63, 3.8) is 0 Å². The van der Waals surface area contributed by atoms with Gasteiger partial charge in [-0.25, -0.2) is 4.57 Å². The summed E-state index contributed by atoms with van der Waals surface area (Å²) in [4.78, 5) is 28.4. The van der Waals surface area contributed by atoms with Gasteiger partial charge in [0.25, 0.3) is 0 Å². The van der Waals surface area contributed by atoms with E-state index in [9.17, 15) is 0 Å². The Hall–Kier alpha value is -1.61. The van der Waals surface area contributed by atoms with Crippen LogP contribution in [-0.2, 0) is 4.57 Å². The van der Waals surface area contributed by atoms with Crippen LogP contribution in [0.3, 0.4) is 0 Å². The van der Waals surface area contributed by atoms with E-state index in [0.29, 0.717) is 0 Å². The summed E-state index contributed by atoms with van der Waals surface area (Å²) in [5.74, 6) is -0.487. The van der Waals surface area contributed by atoms with Crippen LogP contribution in [0.15, 0.2) is 0 Å². The molecule has 0 atom stereocenters. The number of phosphoric acid groups is 1. The maximum atomic E-state index is 8.88. The number of aromatic nitrogens is 2. The topological polar surface area (TPSA) is 202 Å². The quantitative estimate of drug-likeness (QED) is 0.248. The molecule has 0 fully saturated rings. The molecule has 0 aliphatic heterocycles. The first-order valence-corrected chi connectivity index (χ1v) is 4.83. The van der Waals surface area contributed by atoms with Gasteiger partial charge in [0, 0.05) is 0 Å². The molecule has 15 heavy (non-hydrogen) atoms. The zero-order valence-electron chi connectivity index (χ0n) is 7.27. The fourth-order valence-electron chi connectivity index (χ4n) is 0.492. The Morgan fingerprint density at radius 3 is 1.80 bits per heavy atom. The Balaban J connectivity index is 0.000000336. The summed E-state index contributed by atoms with van der Waals surface area (Å²) < 4.78 is 8.88. The van der Waals surface area contributed by atoms with E-state index in [2.05, 4.69) is 9.97 Å². The first-order chi connectivity index (χ1) is 6.61. The van der Waals surface area contributed by atoms with Gasteiger partial charge >= 0.3 is 7.82 Å². The van der Waals surface area contributed by atoms with E-state index >= 15 is 0 Å². The highest BCUT2D eigenvalue weighted by molar-refractivity contribution is 7.45. The van der Waals surface area contributed by atoms with Gasteiger partial charge in [0.1, 0.15) is 5.69 Å². The highest BCUT2D eigenvalue weighted by Crippen LogP contribution is 2.25. The summed E-state index contributed by atoms with van der Waals surface area (Å²) in [5, 5.41) is 8.84. The average Bonchev–Trinajstić information content (AvgIpc) is 1.96. The fraction of sp³-hybridized carbons (Fsp3) is 0. The van der Waals surface area contributed by atoms with Crippen molar-refractivity contribution in [2.24, 2.45) is 0 Å². The highest BCUT2D eigenvalue weighted by atomic mass is 31.2. The van der Waals surface area contributed by atoms with Gasteiger partial charge in [-0.15, -0.1) is 0 Å². The van der Waals surface area contributed by atoms with E-state index in [1.165, 1.54) is 0 Å². The molecule has 0 amide bonds. The lowest BCUT2D eigenvalue weighted by atomic mass is 10.5. The van der Waals surface area contributed by atoms with Gasteiger partial charge in [-0.2, -0.15) is 9.97 Å². The third-order valence-corrected chi connectivity index (χ3v) is 0.972.